The summed E-state index contributed by atoms with van der Waals surface area (Å²) in [5, 5.41) is 11.3. The van der Waals surface area contributed by atoms with E-state index < -0.39 is 88.7 Å². The number of hydrogen-bond acceptors (Lipinski definition) is 12. The fraction of sp³-hybridized carbons (Fsp3) is 0.882. The van der Waals surface area contributed by atoms with E-state index in [1.54, 1.807) is 27.8 Å². The zero-order valence-electron chi connectivity index (χ0n) is 29.7. The molecule has 0 aromatic heterocycles. The summed E-state index contributed by atoms with van der Waals surface area (Å²) in [5.41, 5.74) is -3.55. The van der Waals surface area contributed by atoms with E-state index >= 15 is 0 Å². The molecule has 0 radical (unpaired) electrons. The fourth-order valence-electron chi connectivity index (χ4n) is 9.09. The molecule has 4 rings (SSSR count). The Morgan fingerprint density at radius 1 is 1.04 bits per heavy atom. The molecular formula is C34H56N2O10. The van der Waals surface area contributed by atoms with Crippen LogP contribution in [0.1, 0.15) is 74.7 Å². The predicted molar refractivity (Wildman–Crippen MR) is 168 cm³/mol. The highest BCUT2D eigenvalue weighted by atomic mass is 16.7. The number of likely N-dealkylation sites (tertiary alicyclic amines) is 1. The minimum atomic E-state index is -1.29. The Morgan fingerprint density at radius 2 is 1.67 bits per heavy atom. The summed E-state index contributed by atoms with van der Waals surface area (Å²) in [6.45, 7) is 14.4. The fourth-order valence-corrected chi connectivity index (χ4v) is 9.09. The number of Topliss-reactive ketones (excluding diaryl/α,β-unsaturated/α-hetero) is 2. The van der Waals surface area contributed by atoms with Gasteiger partial charge in [-0.1, -0.05) is 27.7 Å². The molecule has 46 heavy (non-hydrogen) atoms. The van der Waals surface area contributed by atoms with Crippen molar-refractivity contribution >= 4 is 23.5 Å². The highest BCUT2D eigenvalue weighted by molar-refractivity contribution is 6.00. The van der Waals surface area contributed by atoms with Gasteiger partial charge in [0.15, 0.2) is 17.7 Å². The Morgan fingerprint density at radius 3 is 2.24 bits per heavy atom. The second-order valence-electron chi connectivity index (χ2n) is 15.2. The molecule has 0 spiro atoms. The quantitative estimate of drug-likeness (QED) is 0.344. The molecule has 4 aliphatic rings. The van der Waals surface area contributed by atoms with Gasteiger partial charge in [-0.05, 0) is 68.1 Å². The van der Waals surface area contributed by atoms with Crippen molar-refractivity contribution in [3.8, 4) is 0 Å². The van der Waals surface area contributed by atoms with Crippen LogP contribution in [0, 0.1) is 29.1 Å². The Bertz CT molecular complexity index is 1200. The average Bonchev–Trinajstić information content (AvgIpc) is 3.44. The number of rotatable bonds is 5. The molecule has 0 aromatic carbocycles. The molecular weight excluding hydrogens is 596 g/mol. The molecule has 0 unspecified atom stereocenters. The lowest BCUT2D eigenvalue weighted by Crippen LogP contribution is -2.60. The van der Waals surface area contributed by atoms with Crippen molar-refractivity contribution in [2.24, 2.45) is 29.1 Å². The first kappa shape index (κ1) is 36.9. The van der Waals surface area contributed by atoms with Crippen molar-refractivity contribution in [1.29, 1.82) is 0 Å². The van der Waals surface area contributed by atoms with Crippen LogP contribution < -0.4 is 0 Å². The molecule has 4 aliphatic heterocycles. The normalized spacial score (nSPS) is 47.8. The van der Waals surface area contributed by atoms with Crippen molar-refractivity contribution in [1.82, 2.24) is 9.80 Å². The van der Waals surface area contributed by atoms with Crippen LogP contribution in [0.3, 0.4) is 0 Å². The number of aliphatic hydroxyl groups is 1. The molecule has 0 bridgehead atoms. The van der Waals surface area contributed by atoms with Crippen LogP contribution in [-0.2, 0) is 42.9 Å². The van der Waals surface area contributed by atoms with Crippen LogP contribution >= 0.6 is 0 Å². The molecule has 262 valence electrons. The third kappa shape index (κ3) is 6.07. The first-order valence-corrected chi connectivity index (χ1v) is 16.7. The third-order valence-electron chi connectivity index (χ3n) is 11.5. The molecule has 4 heterocycles. The van der Waals surface area contributed by atoms with Gasteiger partial charge >= 0.3 is 11.9 Å². The molecule has 12 heteroatoms. The summed E-state index contributed by atoms with van der Waals surface area (Å²) in [4.78, 5) is 59.6. The number of carbonyl (C=O) groups is 4. The summed E-state index contributed by atoms with van der Waals surface area (Å²) in [6.07, 6.45) is -3.19. The number of likely N-dealkylation sites (N-methyl/N-ethyl adjacent to an activating group) is 2. The first-order chi connectivity index (χ1) is 21.3. The zero-order valence-corrected chi connectivity index (χ0v) is 29.7. The molecule has 0 aliphatic carbocycles. The monoisotopic (exact) mass is 652 g/mol. The van der Waals surface area contributed by atoms with E-state index in [1.807, 2.05) is 51.6 Å². The van der Waals surface area contributed by atoms with Crippen LogP contribution in [-0.4, -0.2) is 127 Å². The lowest BCUT2D eigenvalue weighted by atomic mass is 9.62. The van der Waals surface area contributed by atoms with E-state index in [-0.39, 0.29) is 24.3 Å². The Hall–Kier alpha value is -1.96. The lowest BCUT2D eigenvalue weighted by molar-refractivity contribution is -0.295. The maximum absolute atomic E-state index is 14.7. The summed E-state index contributed by atoms with van der Waals surface area (Å²) >= 11 is 0. The highest BCUT2D eigenvalue weighted by Crippen LogP contribution is 2.55. The molecule has 0 amide bonds. The minimum absolute atomic E-state index is 0.0840. The molecule has 14 atom stereocenters. The van der Waals surface area contributed by atoms with Gasteiger partial charge in [-0.3, -0.25) is 24.1 Å². The molecule has 4 fully saturated rings. The lowest BCUT2D eigenvalue weighted by Gasteiger charge is -2.47. The van der Waals surface area contributed by atoms with Crippen molar-refractivity contribution < 1.29 is 48.0 Å². The van der Waals surface area contributed by atoms with Gasteiger partial charge in [-0.2, -0.15) is 0 Å². The number of aliphatic hydroxyl groups excluding tert-OH is 1. The number of esters is 2. The standard InChI is InChI=1S/C34H56N2O10/c1-13-22-34(8)26-23(30(41)46-34)36(11)16-32(26,6)27(39)17(2)15-33(7,42-12)28(19(4)24(37)20(5)29(40)44-22)45-31-25(38)21(35(9)10)14-18(3)43-31/h17-23,25-26,28,31,38H,13-16H2,1-12H3/t17-,18-,19+,20-,21+,22-,23-,25-,26-,28-,31+,32-,33+,34-/m1/s1. The number of carbonyl (C=O) groups excluding carboxylic acids is 4. The largest absolute Gasteiger partial charge is 0.458 e. The van der Waals surface area contributed by atoms with E-state index in [2.05, 4.69) is 0 Å². The number of nitrogens with zero attached hydrogens (tertiary/aromatic N) is 2. The smallest absolute Gasteiger partial charge is 0.324 e. The van der Waals surface area contributed by atoms with Crippen molar-refractivity contribution in [3.63, 3.8) is 0 Å². The van der Waals surface area contributed by atoms with Gasteiger partial charge in [0.05, 0.1) is 17.8 Å². The van der Waals surface area contributed by atoms with E-state index in [0.29, 0.717) is 19.4 Å². The van der Waals surface area contributed by atoms with Crippen LogP contribution in [0.2, 0.25) is 0 Å². The highest BCUT2D eigenvalue weighted by Gasteiger charge is 2.70. The van der Waals surface area contributed by atoms with E-state index in [9.17, 15) is 24.3 Å². The average molecular weight is 653 g/mol. The van der Waals surface area contributed by atoms with Gasteiger partial charge in [-0.25, -0.2) is 0 Å². The maximum Gasteiger partial charge on any atom is 0.324 e. The SMILES string of the molecule is CC[C@H]1OC(=O)[C@H](C)C(=O)[C@H](C)[C@@H](O[C@@H]2O[C@H](C)C[C@H](N(C)C)[C@H]2O)[C@@](C)(OC)C[C@@H](C)C(=O)[C@]2(C)CN(C)[C@H]3C(=O)O[C@@]1(C)[C@H]32. The van der Waals surface area contributed by atoms with Crippen molar-refractivity contribution in [2.75, 3.05) is 34.8 Å². The van der Waals surface area contributed by atoms with Crippen molar-refractivity contribution in [3.05, 3.63) is 0 Å². The van der Waals surface area contributed by atoms with Crippen molar-refractivity contribution in [2.45, 2.75) is 129 Å². The van der Waals surface area contributed by atoms with Gasteiger partial charge in [0, 0.05) is 42.9 Å². The topological polar surface area (TPSA) is 141 Å². The number of ketones is 2. The summed E-state index contributed by atoms with van der Waals surface area (Å²) < 4.78 is 30.9. The Balaban J connectivity index is 1.82. The van der Waals surface area contributed by atoms with E-state index in [0.717, 1.165) is 0 Å². The maximum atomic E-state index is 14.7. The zero-order chi connectivity index (χ0) is 34.7. The van der Waals surface area contributed by atoms with Gasteiger partial charge in [0.1, 0.15) is 30.0 Å². The predicted octanol–water partition coefficient (Wildman–Crippen LogP) is 2.23. The molecule has 0 saturated carbocycles. The van der Waals surface area contributed by atoms with Gasteiger partial charge < -0.3 is 33.7 Å². The van der Waals surface area contributed by atoms with Gasteiger partial charge in [0.25, 0.3) is 0 Å². The van der Waals surface area contributed by atoms with E-state index in [4.69, 9.17) is 23.7 Å². The van der Waals surface area contributed by atoms with Crippen LogP contribution in [0.5, 0.6) is 0 Å². The third-order valence-corrected chi connectivity index (χ3v) is 11.5. The molecule has 4 saturated heterocycles. The summed E-state index contributed by atoms with van der Waals surface area (Å²) in [7, 11) is 7.06. The first-order valence-electron chi connectivity index (χ1n) is 16.7. The Labute approximate surface area is 273 Å². The number of cyclic esters (lactones) is 1. The molecule has 0 aromatic rings. The Kier molecular flexibility index (Phi) is 10.5. The second-order valence-corrected chi connectivity index (χ2v) is 15.2. The summed E-state index contributed by atoms with van der Waals surface area (Å²) in [6, 6.07) is -0.947. The van der Waals surface area contributed by atoms with Gasteiger partial charge in [0.2, 0.25) is 0 Å². The van der Waals surface area contributed by atoms with Crippen LogP contribution in [0.25, 0.3) is 0 Å². The molecule has 12 nitrogen and oxygen atoms in total. The van der Waals surface area contributed by atoms with Gasteiger partial charge in [-0.15, -0.1) is 0 Å². The number of ether oxygens (including phenoxy) is 5. The minimum Gasteiger partial charge on any atom is -0.458 e. The second kappa shape index (κ2) is 13.2. The number of hydrogen-bond donors (Lipinski definition) is 1. The van der Waals surface area contributed by atoms with Crippen LogP contribution in [0.4, 0.5) is 0 Å². The number of methoxy groups -OCH3 is 1. The van der Waals surface area contributed by atoms with Crippen LogP contribution in [0.15, 0.2) is 0 Å². The van der Waals surface area contributed by atoms with E-state index in [1.165, 1.54) is 14.0 Å². The summed E-state index contributed by atoms with van der Waals surface area (Å²) in [5.74, 6) is -5.03. The molecule has 1 N–H and O–H groups in total.